The standard InChI is InChI=1S/C22H30IN7O/c1-2-16(12-31)27-22-28-20(25-11-14-10-15(23)8-9-18(14)24)19-21(29-22)30(13-26-19)17-6-4-3-5-7-17/h8-10,13,16-17,31H,2-7,11-12,24H2,1H3,(H2,25,27,28,29). The molecule has 1 atom stereocenters. The molecule has 0 amide bonds. The smallest absolute Gasteiger partial charge is 0.227 e. The number of imidazole rings is 1. The lowest BCUT2D eigenvalue weighted by atomic mass is 9.95. The molecule has 1 aromatic carbocycles. The second-order valence-corrected chi connectivity index (χ2v) is 9.39. The van der Waals surface area contributed by atoms with Gasteiger partial charge in [0.2, 0.25) is 5.95 Å². The molecule has 3 aromatic rings. The average molecular weight is 535 g/mol. The Morgan fingerprint density at radius 3 is 2.81 bits per heavy atom. The number of nitrogens with one attached hydrogen (secondary N) is 2. The third-order valence-corrected chi connectivity index (χ3v) is 6.66. The van der Waals surface area contributed by atoms with Crippen LogP contribution in [0.1, 0.15) is 57.1 Å². The van der Waals surface area contributed by atoms with E-state index in [4.69, 9.17) is 15.7 Å². The Bertz CT molecular complexity index is 1030. The fraction of sp³-hybridized carbons (Fsp3) is 0.500. The first-order valence-corrected chi connectivity index (χ1v) is 12.1. The van der Waals surface area contributed by atoms with E-state index in [1.807, 2.05) is 25.4 Å². The Balaban J connectivity index is 1.69. The predicted molar refractivity (Wildman–Crippen MR) is 133 cm³/mol. The Morgan fingerprint density at radius 2 is 2.06 bits per heavy atom. The van der Waals surface area contributed by atoms with E-state index < -0.39 is 0 Å². The maximum atomic E-state index is 9.63. The predicted octanol–water partition coefficient (Wildman–Crippen LogP) is 4.31. The normalized spacial score (nSPS) is 15.8. The van der Waals surface area contributed by atoms with Crippen LogP contribution >= 0.6 is 22.6 Å². The van der Waals surface area contributed by atoms with E-state index >= 15 is 0 Å². The highest BCUT2D eigenvalue weighted by atomic mass is 127. The lowest BCUT2D eigenvalue weighted by Gasteiger charge is -2.23. The van der Waals surface area contributed by atoms with Crippen molar-refractivity contribution in [3.05, 3.63) is 33.7 Å². The number of nitrogens with two attached hydrogens (primary N) is 1. The van der Waals surface area contributed by atoms with Crippen molar-refractivity contribution in [2.24, 2.45) is 0 Å². The van der Waals surface area contributed by atoms with Gasteiger partial charge in [0.1, 0.15) is 0 Å². The molecule has 0 saturated heterocycles. The summed E-state index contributed by atoms with van der Waals surface area (Å²) in [6.45, 7) is 2.60. The minimum atomic E-state index is -0.0947. The Morgan fingerprint density at radius 1 is 1.26 bits per heavy atom. The molecule has 0 aliphatic heterocycles. The van der Waals surface area contributed by atoms with Gasteiger partial charge in [-0.15, -0.1) is 0 Å². The van der Waals surface area contributed by atoms with Crippen LogP contribution in [-0.4, -0.2) is 37.3 Å². The van der Waals surface area contributed by atoms with Crippen molar-refractivity contribution in [1.82, 2.24) is 19.5 Å². The molecule has 0 radical (unpaired) electrons. The Labute approximate surface area is 196 Å². The highest BCUT2D eigenvalue weighted by molar-refractivity contribution is 14.1. The van der Waals surface area contributed by atoms with E-state index in [2.05, 4.69) is 48.8 Å². The number of hydrogen-bond donors (Lipinski definition) is 4. The maximum absolute atomic E-state index is 9.63. The summed E-state index contributed by atoms with van der Waals surface area (Å²) in [5.74, 6) is 1.18. The molecule has 4 rings (SSSR count). The summed E-state index contributed by atoms with van der Waals surface area (Å²) in [5, 5.41) is 16.3. The highest BCUT2D eigenvalue weighted by Crippen LogP contribution is 2.32. The van der Waals surface area contributed by atoms with Gasteiger partial charge in [-0.25, -0.2) is 4.98 Å². The summed E-state index contributed by atoms with van der Waals surface area (Å²) in [7, 11) is 0. The number of nitrogen functional groups attached to an aromatic ring is 1. The average Bonchev–Trinajstić information content (AvgIpc) is 3.22. The first-order chi connectivity index (χ1) is 15.1. The minimum absolute atomic E-state index is 0.0293. The number of halogens is 1. The molecule has 1 unspecified atom stereocenters. The van der Waals surface area contributed by atoms with E-state index in [1.54, 1.807) is 0 Å². The van der Waals surface area contributed by atoms with Gasteiger partial charge in [0.25, 0.3) is 0 Å². The molecule has 31 heavy (non-hydrogen) atoms. The lowest BCUT2D eigenvalue weighted by Crippen LogP contribution is -2.24. The minimum Gasteiger partial charge on any atom is -0.398 e. The number of nitrogens with zero attached hydrogens (tertiary/aromatic N) is 4. The largest absolute Gasteiger partial charge is 0.398 e. The van der Waals surface area contributed by atoms with Gasteiger partial charge >= 0.3 is 0 Å². The van der Waals surface area contributed by atoms with Gasteiger partial charge in [0.15, 0.2) is 17.0 Å². The van der Waals surface area contributed by atoms with E-state index in [1.165, 1.54) is 19.3 Å². The topological polar surface area (TPSA) is 114 Å². The van der Waals surface area contributed by atoms with Crippen molar-refractivity contribution >= 4 is 51.2 Å². The number of anilines is 3. The van der Waals surface area contributed by atoms with Crippen molar-refractivity contribution in [3.63, 3.8) is 0 Å². The van der Waals surface area contributed by atoms with Gasteiger partial charge in [-0.2, -0.15) is 9.97 Å². The monoisotopic (exact) mass is 535 g/mol. The van der Waals surface area contributed by atoms with Crippen molar-refractivity contribution in [2.45, 2.75) is 64.1 Å². The molecule has 1 aliphatic carbocycles. The van der Waals surface area contributed by atoms with E-state index in [-0.39, 0.29) is 12.6 Å². The second kappa shape index (κ2) is 9.99. The van der Waals surface area contributed by atoms with Crippen LogP contribution in [0.15, 0.2) is 24.5 Å². The summed E-state index contributed by atoms with van der Waals surface area (Å²) in [6, 6.07) is 6.31. The van der Waals surface area contributed by atoms with Crippen LogP contribution in [0.25, 0.3) is 11.2 Å². The third kappa shape index (κ3) is 5.03. The summed E-state index contributed by atoms with van der Waals surface area (Å²) in [6.07, 6.45) is 8.74. The zero-order chi connectivity index (χ0) is 21.8. The number of hydrogen-bond acceptors (Lipinski definition) is 7. The van der Waals surface area contributed by atoms with Crippen LogP contribution in [-0.2, 0) is 6.54 Å². The van der Waals surface area contributed by atoms with Gasteiger partial charge in [-0.1, -0.05) is 26.2 Å². The molecule has 1 fully saturated rings. The number of aromatic nitrogens is 4. The summed E-state index contributed by atoms with van der Waals surface area (Å²) in [5.41, 5.74) is 9.52. The van der Waals surface area contributed by atoms with Crippen LogP contribution in [0, 0.1) is 3.57 Å². The molecular formula is C22H30IN7O. The molecule has 8 nitrogen and oxygen atoms in total. The molecule has 2 aromatic heterocycles. The van der Waals surface area contributed by atoms with Gasteiger partial charge in [-0.05, 0) is 65.6 Å². The first kappa shape index (κ1) is 22.1. The van der Waals surface area contributed by atoms with Crippen LogP contribution in [0.5, 0.6) is 0 Å². The van der Waals surface area contributed by atoms with Gasteiger partial charge < -0.3 is 26.0 Å². The zero-order valence-electron chi connectivity index (χ0n) is 17.8. The van der Waals surface area contributed by atoms with Crippen molar-refractivity contribution in [2.75, 3.05) is 23.0 Å². The van der Waals surface area contributed by atoms with Crippen molar-refractivity contribution in [1.29, 1.82) is 0 Å². The fourth-order valence-corrected chi connectivity index (χ4v) is 4.65. The maximum Gasteiger partial charge on any atom is 0.227 e. The summed E-state index contributed by atoms with van der Waals surface area (Å²) >= 11 is 2.29. The molecule has 5 N–H and O–H groups in total. The van der Waals surface area contributed by atoms with E-state index in [0.29, 0.717) is 24.4 Å². The number of aliphatic hydroxyl groups is 1. The van der Waals surface area contributed by atoms with E-state index in [9.17, 15) is 5.11 Å². The van der Waals surface area contributed by atoms with Gasteiger partial charge in [0.05, 0.1) is 19.0 Å². The van der Waals surface area contributed by atoms with Crippen LogP contribution in [0.3, 0.4) is 0 Å². The van der Waals surface area contributed by atoms with Crippen LogP contribution < -0.4 is 16.4 Å². The lowest BCUT2D eigenvalue weighted by molar-refractivity contribution is 0.271. The number of aliphatic hydroxyl groups excluding tert-OH is 1. The number of rotatable bonds is 8. The quantitative estimate of drug-likeness (QED) is 0.251. The summed E-state index contributed by atoms with van der Waals surface area (Å²) < 4.78 is 3.33. The molecule has 1 aliphatic rings. The molecule has 166 valence electrons. The highest BCUT2D eigenvalue weighted by Gasteiger charge is 2.21. The molecule has 0 bridgehead atoms. The zero-order valence-corrected chi connectivity index (χ0v) is 20.0. The van der Waals surface area contributed by atoms with Crippen molar-refractivity contribution < 1.29 is 5.11 Å². The SMILES string of the molecule is CCC(CO)Nc1nc(NCc2cc(I)ccc2N)c2ncn(C3CCCCC3)c2n1. The van der Waals surface area contributed by atoms with Gasteiger partial charge in [0, 0.05) is 21.8 Å². The summed E-state index contributed by atoms with van der Waals surface area (Å²) in [4.78, 5) is 14.2. The molecule has 1 saturated carbocycles. The van der Waals surface area contributed by atoms with E-state index in [0.717, 1.165) is 45.2 Å². The number of benzene rings is 1. The van der Waals surface area contributed by atoms with Crippen molar-refractivity contribution in [3.8, 4) is 0 Å². The van der Waals surface area contributed by atoms with Gasteiger partial charge in [-0.3, -0.25) is 0 Å². The Hall–Kier alpha value is -2.14. The fourth-order valence-electron chi connectivity index (χ4n) is 4.10. The molecule has 0 spiro atoms. The number of fused-ring (bicyclic) bond motifs is 1. The molecule has 2 heterocycles. The Kier molecular flexibility index (Phi) is 7.11. The molecular weight excluding hydrogens is 505 g/mol. The second-order valence-electron chi connectivity index (χ2n) is 8.14. The molecule has 9 heteroatoms. The first-order valence-electron chi connectivity index (χ1n) is 11.0. The third-order valence-electron chi connectivity index (χ3n) is 5.99. The van der Waals surface area contributed by atoms with Crippen LogP contribution in [0.4, 0.5) is 17.5 Å². The van der Waals surface area contributed by atoms with Crippen LogP contribution in [0.2, 0.25) is 0 Å².